The van der Waals surface area contributed by atoms with Crippen molar-refractivity contribution in [1.29, 1.82) is 5.26 Å². The number of hydrogen-bond acceptors (Lipinski definition) is 3. The van der Waals surface area contributed by atoms with E-state index in [4.69, 9.17) is 5.26 Å². The van der Waals surface area contributed by atoms with Crippen LogP contribution in [0.5, 0.6) is 0 Å². The Hall–Kier alpha value is -1.34. The molecule has 0 amide bonds. The molecule has 0 saturated carbocycles. The summed E-state index contributed by atoms with van der Waals surface area (Å²) in [5, 5.41) is 16.1. The predicted molar refractivity (Wildman–Crippen MR) is 54.7 cm³/mol. The number of nitrogens with one attached hydrogen (secondary N) is 1. The molecule has 0 radical (unpaired) electrons. The Labute approximate surface area is 84.5 Å². The molecule has 1 atom stereocenters. The summed E-state index contributed by atoms with van der Waals surface area (Å²) in [6.07, 6.45) is 4.55. The van der Waals surface area contributed by atoms with Crippen LogP contribution >= 0.6 is 0 Å². The Balaban J connectivity index is 2.52. The SMILES string of the molecule is CNC(C)(C#N)CCn1cc(C)cn1. The fourth-order valence-electron chi connectivity index (χ4n) is 1.16. The lowest BCUT2D eigenvalue weighted by atomic mass is 10.0. The summed E-state index contributed by atoms with van der Waals surface area (Å²) in [6.45, 7) is 4.66. The number of nitriles is 1. The van der Waals surface area contributed by atoms with Gasteiger partial charge in [-0.2, -0.15) is 10.4 Å². The van der Waals surface area contributed by atoms with Crippen molar-refractivity contribution < 1.29 is 0 Å². The van der Waals surface area contributed by atoms with E-state index in [0.717, 1.165) is 18.5 Å². The van der Waals surface area contributed by atoms with Crippen LogP contribution in [0, 0.1) is 18.3 Å². The van der Waals surface area contributed by atoms with Gasteiger partial charge in [0.1, 0.15) is 5.54 Å². The van der Waals surface area contributed by atoms with Crippen molar-refractivity contribution in [3.63, 3.8) is 0 Å². The molecule has 1 unspecified atom stereocenters. The van der Waals surface area contributed by atoms with Gasteiger partial charge in [0.2, 0.25) is 0 Å². The first-order valence-electron chi connectivity index (χ1n) is 4.69. The van der Waals surface area contributed by atoms with Crippen LogP contribution < -0.4 is 5.32 Å². The van der Waals surface area contributed by atoms with Gasteiger partial charge in [-0.05, 0) is 32.9 Å². The summed E-state index contributed by atoms with van der Waals surface area (Å²) in [6, 6.07) is 2.25. The van der Waals surface area contributed by atoms with Gasteiger partial charge in [0.05, 0.1) is 12.3 Å². The lowest BCUT2D eigenvalue weighted by Crippen LogP contribution is -2.39. The van der Waals surface area contributed by atoms with Crippen LogP contribution in [-0.2, 0) is 6.54 Å². The summed E-state index contributed by atoms with van der Waals surface area (Å²) in [5.41, 5.74) is 0.688. The second-order valence-corrected chi connectivity index (χ2v) is 3.72. The molecular weight excluding hydrogens is 176 g/mol. The zero-order valence-corrected chi connectivity index (χ0v) is 8.91. The predicted octanol–water partition coefficient (Wildman–Crippen LogP) is 1.08. The van der Waals surface area contributed by atoms with E-state index in [2.05, 4.69) is 16.5 Å². The highest BCUT2D eigenvalue weighted by atomic mass is 15.3. The normalized spacial score (nSPS) is 14.7. The Morgan fingerprint density at radius 2 is 2.43 bits per heavy atom. The first-order valence-corrected chi connectivity index (χ1v) is 4.69. The smallest absolute Gasteiger partial charge is 0.105 e. The van der Waals surface area contributed by atoms with Crippen molar-refractivity contribution in [1.82, 2.24) is 15.1 Å². The van der Waals surface area contributed by atoms with Gasteiger partial charge in [-0.3, -0.25) is 4.68 Å². The molecule has 0 saturated heterocycles. The van der Waals surface area contributed by atoms with Gasteiger partial charge in [-0.15, -0.1) is 0 Å². The van der Waals surface area contributed by atoms with Crippen molar-refractivity contribution >= 4 is 0 Å². The Morgan fingerprint density at radius 1 is 1.71 bits per heavy atom. The number of aromatic nitrogens is 2. The molecule has 0 aliphatic rings. The van der Waals surface area contributed by atoms with Crippen LogP contribution in [0.1, 0.15) is 18.9 Å². The van der Waals surface area contributed by atoms with Gasteiger partial charge in [0, 0.05) is 12.7 Å². The second kappa shape index (κ2) is 4.25. The largest absolute Gasteiger partial charge is 0.303 e. The highest BCUT2D eigenvalue weighted by Gasteiger charge is 2.20. The maximum Gasteiger partial charge on any atom is 0.105 e. The summed E-state index contributed by atoms with van der Waals surface area (Å²) in [4.78, 5) is 0. The Kier molecular flexibility index (Phi) is 3.26. The van der Waals surface area contributed by atoms with Gasteiger partial charge in [0.25, 0.3) is 0 Å². The average molecular weight is 192 g/mol. The lowest BCUT2D eigenvalue weighted by molar-refractivity contribution is 0.408. The molecule has 1 aromatic rings. The zero-order valence-electron chi connectivity index (χ0n) is 8.91. The minimum Gasteiger partial charge on any atom is -0.303 e. The second-order valence-electron chi connectivity index (χ2n) is 3.72. The third-order valence-electron chi connectivity index (χ3n) is 2.40. The zero-order chi connectivity index (χ0) is 10.6. The lowest BCUT2D eigenvalue weighted by Gasteiger charge is -2.20. The number of hydrogen-bond donors (Lipinski definition) is 1. The highest BCUT2D eigenvalue weighted by molar-refractivity contribution is 5.03. The molecule has 0 aliphatic heterocycles. The van der Waals surface area contributed by atoms with Gasteiger partial charge >= 0.3 is 0 Å². The van der Waals surface area contributed by atoms with Gasteiger partial charge in [0.15, 0.2) is 0 Å². The molecule has 0 aliphatic carbocycles. The van der Waals surface area contributed by atoms with E-state index in [-0.39, 0.29) is 0 Å². The minimum atomic E-state index is -0.458. The average Bonchev–Trinajstić information content (AvgIpc) is 2.61. The fourth-order valence-corrected chi connectivity index (χ4v) is 1.16. The molecule has 1 heterocycles. The van der Waals surface area contributed by atoms with Crippen molar-refractivity contribution in [2.75, 3.05) is 7.05 Å². The quantitative estimate of drug-likeness (QED) is 0.776. The molecule has 1 rings (SSSR count). The van der Waals surface area contributed by atoms with Crippen molar-refractivity contribution in [2.24, 2.45) is 0 Å². The first-order chi connectivity index (χ1) is 6.59. The molecule has 1 N–H and O–H groups in total. The van der Waals surface area contributed by atoms with Gasteiger partial charge < -0.3 is 5.32 Å². The summed E-state index contributed by atoms with van der Waals surface area (Å²) in [5.74, 6) is 0. The summed E-state index contributed by atoms with van der Waals surface area (Å²) >= 11 is 0. The summed E-state index contributed by atoms with van der Waals surface area (Å²) < 4.78 is 1.86. The van der Waals surface area contributed by atoms with Crippen molar-refractivity contribution in [2.45, 2.75) is 32.4 Å². The molecule has 4 heteroatoms. The monoisotopic (exact) mass is 192 g/mol. The van der Waals surface area contributed by atoms with E-state index < -0.39 is 5.54 Å². The van der Waals surface area contributed by atoms with Crippen LogP contribution in [0.2, 0.25) is 0 Å². The van der Waals surface area contributed by atoms with Crippen LogP contribution in [0.15, 0.2) is 12.4 Å². The van der Waals surface area contributed by atoms with Crippen LogP contribution in [-0.4, -0.2) is 22.4 Å². The maximum atomic E-state index is 8.93. The maximum absolute atomic E-state index is 8.93. The van der Waals surface area contributed by atoms with Crippen LogP contribution in [0.3, 0.4) is 0 Å². The number of aryl methyl sites for hydroxylation is 2. The number of nitrogens with zero attached hydrogens (tertiary/aromatic N) is 3. The van der Waals surface area contributed by atoms with Crippen LogP contribution in [0.25, 0.3) is 0 Å². The molecule has 76 valence electrons. The minimum absolute atomic E-state index is 0.458. The molecule has 4 nitrogen and oxygen atoms in total. The van der Waals surface area contributed by atoms with Crippen LogP contribution in [0.4, 0.5) is 0 Å². The van der Waals surface area contributed by atoms with E-state index in [1.165, 1.54) is 0 Å². The van der Waals surface area contributed by atoms with Crippen molar-refractivity contribution in [3.05, 3.63) is 18.0 Å². The topological polar surface area (TPSA) is 53.6 Å². The summed E-state index contributed by atoms with van der Waals surface area (Å²) in [7, 11) is 1.80. The van der Waals surface area contributed by atoms with Gasteiger partial charge in [-0.1, -0.05) is 0 Å². The van der Waals surface area contributed by atoms with E-state index in [0.29, 0.717) is 0 Å². The molecule has 1 aromatic heterocycles. The van der Waals surface area contributed by atoms with E-state index in [1.807, 2.05) is 30.9 Å². The first kappa shape index (κ1) is 10.7. The number of rotatable bonds is 4. The Morgan fingerprint density at radius 3 is 2.86 bits per heavy atom. The van der Waals surface area contributed by atoms with Crippen molar-refractivity contribution in [3.8, 4) is 6.07 Å². The van der Waals surface area contributed by atoms with Gasteiger partial charge in [-0.25, -0.2) is 0 Å². The molecule has 0 spiro atoms. The fraction of sp³-hybridized carbons (Fsp3) is 0.600. The standard InChI is InChI=1S/C10H16N4/c1-9-6-13-14(7-9)5-4-10(2,8-11)12-3/h6-7,12H,4-5H2,1-3H3. The van der Waals surface area contributed by atoms with E-state index >= 15 is 0 Å². The van der Waals surface area contributed by atoms with E-state index in [1.54, 1.807) is 7.05 Å². The third kappa shape index (κ3) is 2.57. The molecule has 0 bridgehead atoms. The molecular formula is C10H16N4. The molecule has 0 aromatic carbocycles. The molecule has 0 fully saturated rings. The Bertz CT molecular complexity index is 336. The third-order valence-corrected chi connectivity index (χ3v) is 2.40. The molecule has 14 heavy (non-hydrogen) atoms. The highest BCUT2D eigenvalue weighted by Crippen LogP contribution is 2.08. The van der Waals surface area contributed by atoms with E-state index in [9.17, 15) is 0 Å².